The van der Waals surface area contributed by atoms with Crippen molar-refractivity contribution in [2.45, 2.75) is 42.3 Å². The molecule has 2 aromatic carbocycles. The lowest BCUT2D eigenvalue weighted by molar-refractivity contribution is -0.0547. The second kappa shape index (κ2) is 6.81. The second-order valence-corrected chi connectivity index (χ2v) is 9.38. The Morgan fingerprint density at radius 2 is 1.78 bits per heavy atom. The number of halogens is 3. The SMILES string of the molecule is O=S(=O)(c1ccc(Cl)cc1)N1[C@H]2CC[C@@H]([C@H]1c1cc(F)ccc1F)[C@@H](O)C2. The second-order valence-electron chi connectivity index (χ2n) is 7.10. The maximum atomic E-state index is 14.5. The third-order valence-electron chi connectivity index (χ3n) is 5.55. The highest BCUT2D eigenvalue weighted by atomic mass is 35.5. The highest BCUT2D eigenvalue weighted by Crippen LogP contribution is 2.50. The number of benzene rings is 2. The molecule has 0 aromatic heterocycles. The number of aliphatic hydroxyl groups is 1. The molecular weight excluding hydrogens is 396 g/mol. The summed E-state index contributed by atoms with van der Waals surface area (Å²) in [5.41, 5.74) is -0.0408. The first kappa shape index (κ1) is 18.8. The van der Waals surface area contributed by atoms with E-state index >= 15 is 0 Å². The maximum Gasteiger partial charge on any atom is 0.243 e. The Balaban J connectivity index is 1.86. The van der Waals surface area contributed by atoms with E-state index in [1.165, 1.54) is 28.6 Å². The molecule has 3 aliphatic rings. The highest BCUT2D eigenvalue weighted by molar-refractivity contribution is 7.89. The van der Waals surface area contributed by atoms with Gasteiger partial charge in [-0.3, -0.25) is 0 Å². The van der Waals surface area contributed by atoms with E-state index in [-0.39, 0.29) is 16.9 Å². The summed E-state index contributed by atoms with van der Waals surface area (Å²) in [6.45, 7) is 0. The van der Waals surface area contributed by atoms with Crippen molar-refractivity contribution in [3.63, 3.8) is 0 Å². The van der Waals surface area contributed by atoms with Crippen molar-refractivity contribution in [3.05, 3.63) is 64.7 Å². The largest absolute Gasteiger partial charge is 0.393 e. The summed E-state index contributed by atoms with van der Waals surface area (Å²) >= 11 is 5.86. The van der Waals surface area contributed by atoms with E-state index < -0.39 is 45.8 Å². The summed E-state index contributed by atoms with van der Waals surface area (Å²) in [6, 6.07) is 7.33. The smallest absolute Gasteiger partial charge is 0.243 e. The Hall–Kier alpha value is -1.54. The molecule has 5 rings (SSSR count). The van der Waals surface area contributed by atoms with Crippen molar-refractivity contribution in [1.82, 2.24) is 4.31 Å². The predicted octanol–water partition coefficient (Wildman–Crippen LogP) is 3.89. The van der Waals surface area contributed by atoms with Crippen molar-refractivity contribution in [2.24, 2.45) is 5.92 Å². The molecule has 4 nitrogen and oxygen atoms in total. The molecule has 2 bridgehead atoms. The molecular formula is C19H18ClF2NO3S. The van der Waals surface area contributed by atoms with Gasteiger partial charge in [-0.25, -0.2) is 17.2 Å². The first-order chi connectivity index (χ1) is 12.8. The molecule has 2 aromatic rings. The molecule has 1 aliphatic carbocycles. The first-order valence-corrected chi connectivity index (χ1v) is 10.5. The molecule has 1 saturated carbocycles. The number of sulfonamides is 1. The zero-order valence-electron chi connectivity index (χ0n) is 14.2. The van der Waals surface area contributed by atoms with Crippen LogP contribution in [0.25, 0.3) is 0 Å². The number of aliphatic hydroxyl groups excluding tert-OH is 1. The van der Waals surface area contributed by atoms with Crippen molar-refractivity contribution in [1.29, 1.82) is 0 Å². The molecule has 2 aliphatic heterocycles. The average Bonchev–Trinajstić information content (AvgIpc) is 2.63. The first-order valence-electron chi connectivity index (χ1n) is 8.71. The van der Waals surface area contributed by atoms with E-state index in [2.05, 4.69) is 0 Å². The Morgan fingerprint density at radius 1 is 1.07 bits per heavy atom. The summed E-state index contributed by atoms with van der Waals surface area (Å²) < 4.78 is 56.3. The molecule has 4 atom stereocenters. The van der Waals surface area contributed by atoms with Gasteiger partial charge in [-0.15, -0.1) is 0 Å². The molecule has 0 spiro atoms. The standard InChI is InChI=1S/C19H18ClF2NO3S/c20-11-1-5-14(6-2-11)27(25,26)23-13-4-7-15(18(24)10-13)19(23)16-9-12(21)3-8-17(16)22/h1-3,5-6,8-9,13,15,18-19,24H,4,7,10H2/t13-,15+,18-,19-/m0/s1. The summed E-state index contributed by atoms with van der Waals surface area (Å²) in [4.78, 5) is 0.0377. The zero-order valence-corrected chi connectivity index (χ0v) is 15.8. The molecule has 2 saturated heterocycles. The highest BCUT2D eigenvalue weighted by Gasteiger charge is 2.52. The quantitative estimate of drug-likeness (QED) is 0.830. The van der Waals surface area contributed by atoms with Crippen LogP contribution in [0.1, 0.15) is 30.9 Å². The van der Waals surface area contributed by atoms with Gasteiger partial charge in [0.05, 0.1) is 17.0 Å². The van der Waals surface area contributed by atoms with Crippen LogP contribution < -0.4 is 0 Å². The maximum absolute atomic E-state index is 14.5. The number of nitrogens with zero attached hydrogens (tertiary/aromatic N) is 1. The van der Waals surface area contributed by atoms with Gasteiger partial charge in [0, 0.05) is 22.5 Å². The van der Waals surface area contributed by atoms with Gasteiger partial charge in [-0.1, -0.05) is 11.6 Å². The molecule has 8 heteroatoms. The van der Waals surface area contributed by atoms with Gasteiger partial charge < -0.3 is 5.11 Å². The van der Waals surface area contributed by atoms with E-state index in [4.69, 9.17) is 11.6 Å². The molecule has 1 N–H and O–H groups in total. The summed E-state index contributed by atoms with van der Waals surface area (Å²) in [5, 5.41) is 10.8. The van der Waals surface area contributed by atoms with Gasteiger partial charge in [0.1, 0.15) is 11.6 Å². The lowest BCUT2D eigenvalue weighted by Gasteiger charge is -2.52. The van der Waals surface area contributed by atoms with Gasteiger partial charge in [0.25, 0.3) is 0 Å². The van der Waals surface area contributed by atoms with E-state index in [1.54, 1.807) is 0 Å². The molecule has 0 unspecified atom stereocenters. The lowest BCUT2D eigenvalue weighted by atomic mass is 9.72. The lowest BCUT2D eigenvalue weighted by Crippen LogP contribution is -2.57. The van der Waals surface area contributed by atoms with Gasteiger partial charge in [0.15, 0.2) is 0 Å². The van der Waals surface area contributed by atoms with Crippen LogP contribution in [-0.2, 0) is 10.0 Å². The van der Waals surface area contributed by atoms with Crippen LogP contribution in [0.5, 0.6) is 0 Å². The summed E-state index contributed by atoms with van der Waals surface area (Å²) in [5.74, 6) is -1.82. The van der Waals surface area contributed by atoms with E-state index in [0.29, 0.717) is 17.9 Å². The average molecular weight is 414 g/mol. The normalized spacial score (nSPS) is 28.4. The van der Waals surface area contributed by atoms with Crippen molar-refractivity contribution >= 4 is 21.6 Å². The van der Waals surface area contributed by atoms with Crippen molar-refractivity contribution in [3.8, 4) is 0 Å². The number of fused-ring (bicyclic) bond motifs is 3. The fourth-order valence-electron chi connectivity index (χ4n) is 4.35. The third-order valence-corrected chi connectivity index (χ3v) is 7.75. The Labute approximate surface area is 161 Å². The molecule has 27 heavy (non-hydrogen) atoms. The van der Waals surface area contributed by atoms with Crippen LogP contribution in [0, 0.1) is 17.6 Å². The molecule has 0 radical (unpaired) electrons. The van der Waals surface area contributed by atoms with Crippen LogP contribution >= 0.6 is 11.6 Å². The summed E-state index contributed by atoms with van der Waals surface area (Å²) in [6.07, 6.45) is 0.652. The molecule has 144 valence electrons. The minimum absolute atomic E-state index is 0.0377. The third kappa shape index (κ3) is 3.16. The van der Waals surface area contributed by atoms with Crippen molar-refractivity contribution < 1.29 is 22.3 Å². The zero-order chi connectivity index (χ0) is 19.3. The molecule has 3 fully saturated rings. The van der Waals surface area contributed by atoms with Crippen LogP contribution in [0.2, 0.25) is 5.02 Å². The fourth-order valence-corrected chi connectivity index (χ4v) is 6.35. The monoisotopic (exact) mass is 413 g/mol. The number of rotatable bonds is 3. The number of hydrogen-bond acceptors (Lipinski definition) is 3. The van der Waals surface area contributed by atoms with Gasteiger partial charge in [-0.05, 0) is 61.7 Å². The Bertz CT molecular complexity index is 967. The van der Waals surface area contributed by atoms with Crippen LogP contribution in [0.4, 0.5) is 8.78 Å². The van der Waals surface area contributed by atoms with Crippen LogP contribution in [0.15, 0.2) is 47.4 Å². The minimum atomic E-state index is -3.99. The van der Waals surface area contributed by atoms with Crippen molar-refractivity contribution in [2.75, 3.05) is 0 Å². The summed E-state index contributed by atoms with van der Waals surface area (Å²) in [7, 11) is -3.99. The van der Waals surface area contributed by atoms with Gasteiger partial charge in [-0.2, -0.15) is 4.31 Å². The van der Waals surface area contributed by atoms with E-state index in [0.717, 1.165) is 18.2 Å². The number of hydrogen-bond donors (Lipinski definition) is 1. The fraction of sp³-hybridized carbons (Fsp3) is 0.368. The van der Waals surface area contributed by atoms with Gasteiger partial charge in [0.2, 0.25) is 10.0 Å². The molecule has 0 amide bonds. The minimum Gasteiger partial charge on any atom is -0.393 e. The molecule has 2 heterocycles. The predicted molar refractivity (Wildman–Crippen MR) is 96.7 cm³/mol. The topological polar surface area (TPSA) is 57.6 Å². The van der Waals surface area contributed by atoms with Gasteiger partial charge >= 0.3 is 0 Å². The number of piperidine rings is 2. The Morgan fingerprint density at radius 3 is 2.44 bits per heavy atom. The van der Waals surface area contributed by atoms with Crippen LogP contribution in [-0.4, -0.2) is 30.0 Å². The Kier molecular flexibility index (Phi) is 4.74. The van der Waals surface area contributed by atoms with E-state index in [9.17, 15) is 22.3 Å². The van der Waals surface area contributed by atoms with Crippen LogP contribution in [0.3, 0.4) is 0 Å². The van der Waals surface area contributed by atoms with E-state index in [1.807, 2.05) is 0 Å².